The molecule has 1 unspecified atom stereocenters. The highest BCUT2D eigenvalue weighted by Crippen LogP contribution is 2.42. The zero-order valence-electron chi connectivity index (χ0n) is 18.3. The van der Waals surface area contributed by atoms with Crippen LogP contribution in [0.2, 0.25) is 0 Å². The molecule has 7 nitrogen and oxygen atoms in total. The SMILES string of the molecule is Cc1noc(C(c2nc3c(F)c(C4CCOCC4)ccc3[nH]2)C2CCCCC2)c1C(N)=O. The maximum Gasteiger partial charge on any atom is 0.254 e. The molecule has 2 fully saturated rings. The second-order valence-corrected chi connectivity index (χ2v) is 9.12. The van der Waals surface area contributed by atoms with Crippen molar-refractivity contribution in [2.45, 2.75) is 63.7 Å². The molecule has 2 aliphatic rings. The molecule has 0 bridgehead atoms. The van der Waals surface area contributed by atoms with Crippen LogP contribution in [0, 0.1) is 18.7 Å². The lowest BCUT2D eigenvalue weighted by Crippen LogP contribution is -2.22. The molecule has 3 heterocycles. The van der Waals surface area contributed by atoms with Gasteiger partial charge in [0.2, 0.25) is 0 Å². The minimum absolute atomic E-state index is 0.140. The molecule has 1 aliphatic heterocycles. The number of halogens is 1. The first-order valence-corrected chi connectivity index (χ1v) is 11.6. The van der Waals surface area contributed by atoms with Crippen molar-refractivity contribution in [2.24, 2.45) is 11.7 Å². The van der Waals surface area contributed by atoms with Crippen molar-refractivity contribution in [1.82, 2.24) is 15.1 Å². The number of H-pyrrole nitrogens is 1. The molecule has 32 heavy (non-hydrogen) atoms. The van der Waals surface area contributed by atoms with Gasteiger partial charge in [0, 0.05) is 13.2 Å². The van der Waals surface area contributed by atoms with Gasteiger partial charge in [-0.05, 0) is 56.1 Å². The number of rotatable bonds is 5. The van der Waals surface area contributed by atoms with E-state index in [0.717, 1.165) is 38.5 Å². The molecule has 2 aromatic heterocycles. The monoisotopic (exact) mass is 440 g/mol. The summed E-state index contributed by atoms with van der Waals surface area (Å²) >= 11 is 0. The van der Waals surface area contributed by atoms with Gasteiger partial charge >= 0.3 is 0 Å². The first-order valence-electron chi connectivity index (χ1n) is 11.6. The lowest BCUT2D eigenvalue weighted by molar-refractivity contribution is 0.0846. The third-order valence-electron chi connectivity index (χ3n) is 7.14. The van der Waals surface area contributed by atoms with Crippen molar-refractivity contribution >= 4 is 16.9 Å². The number of ether oxygens (including phenoxy) is 1. The first-order chi connectivity index (χ1) is 15.5. The summed E-state index contributed by atoms with van der Waals surface area (Å²) in [5.74, 6) is 0.234. The average Bonchev–Trinajstić information content (AvgIpc) is 3.40. The molecule has 0 radical (unpaired) electrons. The van der Waals surface area contributed by atoms with E-state index in [4.69, 9.17) is 20.0 Å². The van der Waals surface area contributed by atoms with Crippen molar-refractivity contribution in [3.05, 3.63) is 46.4 Å². The van der Waals surface area contributed by atoms with Gasteiger partial charge in [0.15, 0.2) is 11.6 Å². The highest BCUT2D eigenvalue weighted by Gasteiger charge is 2.36. The first kappa shape index (κ1) is 21.1. The van der Waals surface area contributed by atoms with Gasteiger partial charge in [-0.25, -0.2) is 9.37 Å². The van der Waals surface area contributed by atoms with Crippen LogP contribution in [0.4, 0.5) is 4.39 Å². The molecular formula is C24H29FN4O3. The number of imidazole rings is 1. The van der Waals surface area contributed by atoms with Crippen LogP contribution in [0.5, 0.6) is 0 Å². The van der Waals surface area contributed by atoms with E-state index in [-0.39, 0.29) is 23.6 Å². The van der Waals surface area contributed by atoms with Crippen molar-refractivity contribution in [3.8, 4) is 0 Å². The third-order valence-corrected chi connectivity index (χ3v) is 7.14. The number of benzene rings is 1. The minimum Gasteiger partial charge on any atom is -0.381 e. The zero-order valence-corrected chi connectivity index (χ0v) is 18.3. The summed E-state index contributed by atoms with van der Waals surface area (Å²) in [6, 6.07) is 3.76. The van der Waals surface area contributed by atoms with Crippen LogP contribution in [-0.4, -0.2) is 34.2 Å². The van der Waals surface area contributed by atoms with E-state index in [1.807, 2.05) is 12.1 Å². The van der Waals surface area contributed by atoms with Gasteiger partial charge in [-0.3, -0.25) is 4.79 Å². The summed E-state index contributed by atoms with van der Waals surface area (Å²) in [6.45, 7) is 3.01. The Balaban J connectivity index is 1.60. The van der Waals surface area contributed by atoms with Crippen LogP contribution in [0.25, 0.3) is 11.0 Å². The summed E-state index contributed by atoms with van der Waals surface area (Å²) in [6.07, 6.45) is 6.97. The van der Waals surface area contributed by atoms with Crippen LogP contribution >= 0.6 is 0 Å². The Labute approximate surface area is 185 Å². The van der Waals surface area contributed by atoms with Gasteiger partial charge in [0.25, 0.3) is 5.91 Å². The maximum atomic E-state index is 15.6. The third kappa shape index (κ3) is 3.70. The number of primary amides is 1. The maximum absolute atomic E-state index is 15.6. The van der Waals surface area contributed by atoms with Crippen molar-refractivity contribution in [1.29, 1.82) is 0 Å². The van der Waals surface area contributed by atoms with E-state index in [0.29, 0.717) is 52.7 Å². The number of hydrogen-bond acceptors (Lipinski definition) is 5. The molecule has 1 amide bonds. The number of nitrogens with two attached hydrogens (primary N) is 1. The molecular weight excluding hydrogens is 411 g/mol. The van der Waals surface area contributed by atoms with Gasteiger partial charge in [0.05, 0.1) is 17.1 Å². The Hall–Kier alpha value is -2.74. The molecule has 5 rings (SSSR count). The zero-order chi connectivity index (χ0) is 22.2. The summed E-state index contributed by atoms with van der Waals surface area (Å²) in [7, 11) is 0. The largest absolute Gasteiger partial charge is 0.381 e. The quantitative estimate of drug-likeness (QED) is 0.598. The summed E-state index contributed by atoms with van der Waals surface area (Å²) < 4.78 is 26.6. The topological polar surface area (TPSA) is 107 Å². The van der Waals surface area contributed by atoms with Crippen LogP contribution in [0.1, 0.15) is 90.0 Å². The van der Waals surface area contributed by atoms with E-state index in [2.05, 4.69) is 10.1 Å². The van der Waals surface area contributed by atoms with E-state index >= 15 is 4.39 Å². The van der Waals surface area contributed by atoms with Gasteiger partial charge in [0.1, 0.15) is 16.9 Å². The fraction of sp³-hybridized carbons (Fsp3) is 0.542. The van der Waals surface area contributed by atoms with Crippen LogP contribution < -0.4 is 5.73 Å². The fourth-order valence-corrected chi connectivity index (χ4v) is 5.48. The Morgan fingerprint density at radius 2 is 1.94 bits per heavy atom. The molecule has 170 valence electrons. The molecule has 8 heteroatoms. The summed E-state index contributed by atoms with van der Waals surface area (Å²) in [5, 5.41) is 4.02. The number of aryl methyl sites for hydroxylation is 1. The highest BCUT2D eigenvalue weighted by molar-refractivity contribution is 5.95. The molecule has 1 saturated heterocycles. The number of fused-ring (bicyclic) bond motifs is 1. The molecule has 3 aromatic rings. The lowest BCUT2D eigenvalue weighted by Gasteiger charge is -2.27. The Bertz CT molecular complexity index is 1130. The normalized spacial score (nSPS) is 19.4. The van der Waals surface area contributed by atoms with Crippen molar-refractivity contribution in [2.75, 3.05) is 13.2 Å². The average molecular weight is 441 g/mol. The van der Waals surface area contributed by atoms with Crippen molar-refractivity contribution < 1.29 is 18.4 Å². The second kappa shape index (κ2) is 8.65. The molecule has 1 atom stereocenters. The Kier molecular flexibility index (Phi) is 5.71. The van der Waals surface area contributed by atoms with Gasteiger partial charge in [-0.2, -0.15) is 0 Å². The minimum atomic E-state index is -0.566. The van der Waals surface area contributed by atoms with Gasteiger partial charge < -0.3 is 20.0 Å². The number of nitrogens with zero attached hydrogens (tertiary/aromatic N) is 2. The molecule has 3 N–H and O–H groups in total. The standard InChI is InChI=1S/C24H29FN4O3/c1-13-18(23(26)30)22(32-29-13)19(15-5-3-2-4-6-15)24-27-17-8-7-16(20(25)21(17)28-24)14-9-11-31-12-10-14/h7-8,14-15,19H,2-6,9-12H2,1H3,(H2,26,30)(H,27,28). The van der Waals surface area contributed by atoms with Gasteiger partial charge in [-0.1, -0.05) is 30.5 Å². The number of hydrogen-bond donors (Lipinski definition) is 2. The predicted octanol–water partition coefficient (Wildman–Crippen LogP) is 4.70. The number of carbonyl (C=O) groups excluding carboxylic acids is 1. The van der Waals surface area contributed by atoms with E-state index in [9.17, 15) is 4.79 Å². The smallest absolute Gasteiger partial charge is 0.254 e. The summed E-state index contributed by atoms with van der Waals surface area (Å²) in [5.41, 5.74) is 8.12. The van der Waals surface area contributed by atoms with E-state index < -0.39 is 5.91 Å². The second-order valence-electron chi connectivity index (χ2n) is 9.12. The fourth-order valence-electron chi connectivity index (χ4n) is 5.48. The van der Waals surface area contributed by atoms with E-state index in [1.54, 1.807) is 6.92 Å². The van der Waals surface area contributed by atoms with Crippen LogP contribution in [0.15, 0.2) is 16.7 Å². The Morgan fingerprint density at radius 1 is 1.19 bits per heavy atom. The van der Waals surface area contributed by atoms with E-state index in [1.165, 1.54) is 6.42 Å². The van der Waals surface area contributed by atoms with Crippen LogP contribution in [0.3, 0.4) is 0 Å². The molecule has 1 aromatic carbocycles. The lowest BCUT2D eigenvalue weighted by atomic mass is 9.77. The number of nitrogens with one attached hydrogen (secondary N) is 1. The van der Waals surface area contributed by atoms with Gasteiger partial charge in [-0.15, -0.1) is 0 Å². The highest BCUT2D eigenvalue weighted by atomic mass is 19.1. The number of aromatic amines is 1. The summed E-state index contributed by atoms with van der Waals surface area (Å²) in [4.78, 5) is 20.2. The molecule has 0 spiro atoms. The number of amides is 1. The predicted molar refractivity (Wildman–Crippen MR) is 117 cm³/mol. The number of aromatic nitrogens is 3. The number of carbonyl (C=O) groups is 1. The van der Waals surface area contributed by atoms with Crippen LogP contribution in [-0.2, 0) is 4.74 Å². The van der Waals surface area contributed by atoms with Crippen molar-refractivity contribution in [3.63, 3.8) is 0 Å². The molecule has 1 aliphatic carbocycles. The molecule has 1 saturated carbocycles. The Morgan fingerprint density at radius 3 is 2.66 bits per heavy atom.